The number of pyridine rings is 1. The fourth-order valence-electron chi connectivity index (χ4n) is 3.62. The van der Waals surface area contributed by atoms with Crippen molar-refractivity contribution in [2.75, 3.05) is 12.1 Å². The van der Waals surface area contributed by atoms with Crippen molar-refractivity contribution >= 4 is 29.0 Å². The van der Waals surface area contributed by atoms with E-state index in [9.17, 15) is 9.18 Å². The zero-order valence-electron chi connectivity index (χ0n) is 17.2. The molecular weight excluding hydrogens is 425 g/mol. The zero-order chi connectivity index (χ0) is 22.9. The standard InChI is InChI=1S/C24H18FN5O3/c25-19-7-14(20-11-28-23-6-2-15(12-30(20)23)16(9-26)10-27)1-4-18(19)24(31)29-17-3-5-21-22(8-17)33-13-32-21/h1-12,26H,13,27H2,(H,29,31)/b16-10+,26-9?. The van der Waals surface area contributed by atoms with E-state index in [-0.39, 0.29) is 12.4 Å². The number of carbonyl (C=O) groups excluding carboxylic acids is 1. The summed E-state index contributed by atoms with van der Waals surface area (Å²) in [6.45, 7) is 0.124. The number of hydrogen-bond acceptors (Lipinski definition) is 6. The van der Waals surface area contributed by atoms with E-state index < -0.39 is 11.7 Å². The summed E-state index contributed by atoms with van der Waals surface area (Å²) in [7, 11) is 0. The molecule has 1 aliphatic rings. The predicted octanol–water partition coefficient (Wildman–Crippen LogP) is 4.07. The number of ether oxygens (including phenoxy) is 2. The molecule has 0 bridgehead atoms. The molecule has 0 atom stereocenters. The minimum Gasteiger partial charge on any atom is -0.454 e. The van der Waals surface area contributed by atoms with Crippen LogP contribution in [0.1, 0.15) is 15.9 Å². The number of aromatic nitrogens is 2. The highest BCUT2D eigenvalue weighted by atomic mass is 19.1. The predicted molar refractivity (Wildman–Crippen MR) is 122 cm³/mol. The maximum atomic E-state index is 14.9. The quantitative estimate of drug-likeness (QED) is 0.402. The van der Waals surface area contributed by atoms with E-state index in [2.05, 4.69) is 10.3 Å². The summed E-state index contributed by atoms with van der Waals surface area (Å²) < 4.78 is 27.3. The van der Waals surface area contributed by atoms with Crippen molar-refractivity contribution in [1.29, 1.82) is 5.41 Å². The number of amides is 1. The van der Waals surface area contributed by atoms with Crippen molar-refractivity contribution in [3.63, 3.8) is 0 Å². The van der Waals surface area contributed by atoms with Gasteiger partial charge in [0, 0.05) is 47.1 Å². The van der Waals surface area contributed by atoms with Crippen LogP contribution in [0.15, 0.2) is 67.1 Å². The summed E-state index contributed by atoms with van der Waals surface area (Å²) in [6, 6.07) is 12.9. The molecule has 9 heteroatoms. The molecule has 33 heavy (non-hydrogen) atoms. The highest BCUT2D eigenvalue weighted by Gasteiger charge is 2.18. The number of carbonyl (C=O) groups is 1. The Labute approximate surface area is 187 Å². The van der Waals surface area contributed by atoms with Crippen LogP contribution >= 0.6 is 0 Å². The van der Waals surface area contributed by atoms with E-state index in [1.54, 1.807) is 53.2 Å². The lowest BCUT2D eigenvalue weighted by molar-refractivity contribution is 0.102. The molecule has 1 aliphatic heterocycles. The zero-order valence-corrected chi connectivity index (χ0v) is 17.2. The van der Waals surface area contributed by atoms with Gasteiger partial charge in [0.25, 0.3) is 5.91 Å². The van der Waals surface area contributed by atoms with Gasteiger partial charge >= 0.3 is 0 Å². The van der Waals surface area contributed by atoms with Gasteiger partial charge in [-0.2, -0.15) is 0 Å². The van der Waals surface area contributed by atoms with Crippen molar-refractivity contribution < 1.29 is 18.7 Å². The summed E-state index contributed by atoms with van der Waals surface area (Å²) in [4.78, 5) is 17.0. The van der Waals surface area contributed by atoms with Gasteiger partial charge < -0.3 is 25.9 Å². The molecule has 4 aromatic rings. The molecule has 164 valence electrons. The number of allylic oxidation sites excluding steroid dienone is 1. The number of nitrogens with zero attached hydrogens (tertiary/aromatic N) is 2. The third-order valence-electron chi connectivity index (χ3n) is 5.31. The maximum absolute atomic E-state index is 14.9. The number of imidazole rings is 1. The Morgan fingerprint density at radius 2 is 2.00 bits per heavy atom. The van der Waals surface area contributed by atoms with Crippen LogP contribution < -0.4 is 20.5 Å². The molecule has 2 aromatic heterocycles. The average Bonchev–Trinajstić information content (AvgIpc) is 3.46. The van der Waals surface area contributed by atoms with Crippen LogP contribution in [0.4, 0.5) is 10.1 Å². The highest BCUT2D eigenvalue weighted by Crippen LogP contribution is 2.34. The first-order valence-electron chi connectivity index (χ1n) is 9.98. The molecule has 5 rings (SSSR count). The van der Waals surface area contributed by atoms with Gasteiger partial charge in [0.1, 0.15) is 11.5 Å². The SMILES string of the molecule is N=C/C(=C\N)c1ccc2ncc(-c3ccc(C(=O)Nc4ccc5c(c4)OCO5)c(F)c3)n2c1. The number of rotatable bonds is 5. The maximum Gasteiger partial charge on any atom is 0.258 e. The molecule has 8 nitrogen and oxygen atoms in total. The van der Waals surface area contributed by atoms with E-state index in [1.807, 2.05) is 0 Å². The summed E-state index contributed by atoms with van der Waals surface area (Å²) in [5, 5.41) is 10.2. The van der Waals surface area contributed by atoms with Crippen LogP contribution in [-0.2, 0) is 0 Å². The van der Waals surface area contributed by atoms with E-state index >= 15 is 0 Å². The number of benzene rings is 2. The second-order valence-corrected chi connectivity index (χ2v) is 7.27. The summed E-state index contributed by atoms with van der Waals surface area (Å²) in [5.74, 6) is -0.137. The molecule has 0 spiro atoms. The van der Waals surface area contributed by atoms with Gasteiger partial charge in [-0.15, -0.1) is 0 Å². The van der Waals surface area contributed by atoms with Crippen LogP contribution in [0, 0.1) is 11.2 Å². The highest BCUT2D eigenvalue weighted by molar-refractivity contribution is 6.08. The van der Waals surface area contributed by atoms with Gasteiger partial charge in [-0.3, -0.25) is 9.20 Å². The minimum atomic E-state index is -0.668. The van der Waals surface area contributed by atoms with Crippen LogP contribution in [0.2, 0.25) is 0 Å². The molecule has 0 unspecified atom stereocenters. The van der Waals surface area contributed by atoms with Crippen LogP contribution in [-0.4, -0.2) is 28.3 Å². The van der Waals surface area contributed by atoms with Crippen LogP contribution in [0.3, 0.4) is 0 Å². The summed E-state index contributed by atoms with van der Waals surface area (Å²) >= 11 is 0. The lowest BCUT2D eigenvalue weighted by Gasteiger charge is -2.09. The molecule has 2 aromatic carbocycles. The number of anilines is 1. The third-order valence-corrected chi connectivity index (χ3v) is 5.31. The van der Waals surface area contributed by atoms with Crippen LogP contribution in [0.5, 0.6) is 11.5 Å². The van der Waals surface area contributed by atoms with E-state index in [4.69, 9.17) is 20.6 Å². The number of fused-ring (bicyclic) bond motifs is 2. The monoisotopic (exact) mass is 443 g/mol. The van der Waals surface area contributed by atoms with Gasteiger partial charge in [-0.1, -0.05) is 6.07 Å². The first kappa shape index (κ1) is 20.3. The summed E-state index contributed by atoms with van der Waals surface area (Å²) in [5.41, 5.74) is 9.06. The molecule has 0 aliphatic carbocycles. The van der Waals surface area contributed by atoms with Crippen molar-refractivity contribution in [3.8, 4) is 22.8 Å². The fourth-order valence-corrected chi connectivity index (χ4v) is 3.62. The van der Waals surface area contributed by atoms with E-state index in [0.29, 0.717) is 39.7 Å². The van der Waals surface area contributed by atoms with Crippen molar-refractivity contribution in [2.45, 2.75) is 0 Å². The van der Waals surface area contributed by atoms with Crippen molar-refractivity contribution in [1.82, 2.24) is 9.38 Å². The lowest BCUT2D eigenvalue weighted by Crippen LogP contribution is -2.13. The number of nitrogens with two attached hydrogens (primary N) is 1. The smallest absolute Gasteiger partial charge is 0.258 e. The van der Waals surface area contributed by atoms with Gasteiger partial charge in [0.05, 0.1) is 17.5 Å². The Morgan fingerprint density at radius 1 is 1.15 bits per heavy atom. The fraction of sp³-hybridized carbons (Fsp3) is 0.0417. The molecule has 3 heterocycles. The average molecular weight is 443 g/mol. The largest absolute Gasteiger partial charge is 0.454 e. The molecular formula is C24H18FN5O3. The Kier molecular flexibility index (Phi) is 4.98. The summed E-state index contributed by atoms with van der Waals surface area (Å²) in [6.07, 6.45) is 5.90. The van der Waals surface area contributed by atoms with Gasteiger partial charge in [-0.25, -0.2) is 9.37 Å². The number of halogens is 1. The van der Waals surface area contributed by atoms with Crippen molar-refractivity contribution in [2.24, 2.45) is 5.73 Å². The Balaban J connectivity index is 1.44. The molecule has 0 fully saturated rings. The normalized spacial score (nSPS) is 12.7. The molecule has 0 saturated carbocycles. The first-order chi connectivity index (χ1) is 16.1. The number of nitrogens with one attached hydrogen (secondary N) is 2. The van der Waals surface area contributed by atoms with E-state index in [1.165, 1.54) is 18.3 Å². The Hall–Kier alpha value is -4.66. The Bertz CT molecular complexity index is 1440. The second-order valence-electron chi connectivity index (χ2n) is 7.27. The van der Waals surface area contributed by atoms with Gasteiger partial charge in [0.15, 0.2) is 11.5 Å². The van der Waals surface area contributed by atoms with Crippen LogP contribution in [0.25, 0.3) is 22.5 Å². The number of hydrogen-bond donors (Lipinski definition) is 3. The first-order valence-corrected chi connectivity index (χ1v) is 9.98. The molecule has 0 radical (unpaired) electrons. The molecule has 1 amide bonds. The minimum absolute atomic E-state index is 0.0944. The van der Waals surface area contributed by atoms with E-state index in [0.717, 1.165) is 11.8 Å². The second kappa shape index (κ2) is 8.12. The van der Waals surface area contributed by atoms with Gasteiger partial charge in [0.2, 0.25) is 6.79 Å². The Morgan fingerprint density at radius 3 is 2.79 bits per heavy atom. The molecule has 4 N–H and O–H groups in total. The van der Waals surface area contributed by atoms with Crippen molar-refractivity contribution in [3.05, 3.63) is 84.1 Å². The lowest BCUT2D eigenvalue weighted by atomic mass is 10.1. The van der Waals surface area contributed by atoms with Gasteiger partial charge in [-0.05, 0) is 36.4 Å². The topological polar surface area (TPSA) is 115 Å². The molecule has 0 saturated heterocycles. The third kappa shape index (κ3) is 3.65.